The summed E-state index contributed by atoms with van der Waals surface area (Å²) in [6.07, 6.45) is 7.77. The third kappa shape index (κ3) is 5.25. The standard InChI is InChI=1S/C30H38N6O3/c1-19(2)28-24-14-21(20-4-7-23(8-5-20)33-27(37)17-35-10-12-39-13-11-35)6-9-25(24)34-29(28)22-15-26(38-3)30-31-18-32-36(30)16-22/h6,9,14-16,18-20,23,34H,4-5,7-8,10-13,17H2,1-3H3,(H,33,37). The number of H-pyrrole nitrogens is 1. The predicted octanol–water partition coefficient (Wildman–Crippen LogP) is 4.48. The quantitative estimate of drug-likeness (QED) is 0.366. The highest BCUT2D eigenvalue weighted by molar-refractivity contribution is 5.92. The van der Waals surface area contributed by atoms with Crippen molar-refractivity contribution in [3.05, 3.63) is 47.9 Å². The number of morpholine rings is 1. The van der Waals surface area contributed by atoms with Crippen LogP contribution in [0.5, 0.6) is 5.75 Å². The number of nitrogens with zero attached hydrogens (tertiary/aromatic N) is 4. The molecule has 39 heavy (non-hydrogen) atoms. The third-order valence-corrected chi connectivity index (χ3v) is 8.32. The van der Waals surface area contributed by atoms with E-state index in [-0.39, 0.29) is 11.9 Å². The Morgan fingerprint density at radius 1 is 1.18 bits per heavy atom. The minimum Gasteiger partial charge on any atom is -0.493 e. The maximum atomic E-state index is 12.6. The van der Waals surface area contributed by atoms with Crippen LogP contribution in [0.4, 0.5) is 0 Å². The maximum absolute atomic E-state index is 12.6. The Labute approximate surface area is 228 Å². The van der Waals surface area contributed by atoms with Gasteiger partial charge in [0.2, 0.25) is 5.91 Å². The molecule has 1 saturated heterocycles. The van der Waals surface area contributed by atoms with Crippen molar-refractivity contribution in [2.75, 3.05) is 40.0 Å². The van der Waals surface area contributed by atoms with Crippen molar-refractivity contribution < 1.29 is 14.3 Å². The average molecular weight is 531 g/mol. The van der Waals surface area contributed by atoms with Crippen LogP contribution in [-0.2, 0) is 9.53 Å². The predicted molar refractivity (Wildman–Crippen MR) is 151 cm³/mol. The van der Waals surface area contributed by atoms with Gasteiger partial charge in [-0.25, -0.2) is 9.50 Å². The molecule has 1 aromatic carbocycles. The molecule has 9 heteroatoms. The second kappa shape index (κ2) is 11.0. The van der Waals surface area contributed by atoms with Gasteiger partial charge in [0.25, 0.3) is 0 Å². The second-order valence-electron chi connectivity index (χ2n) is 11.2. The summed E-state index contributed by atoms with van der Waals surface area (Å²) < 4.78 is 12.8. The molecule has 1 aliphatic heterocycles. The van der Waals surface area contributed by atoms with Crippen LogP contribution in [0.2, 0.25) is 0 Å². The Morgan fingerprint density at radius 2 is 1.97 bits per heavy atom. The molecule has 9 nitrogen and oxygen atoms in total. The minimum atomic E-state index is 0.143. The fourth-order valence-electron chi connectivity index (χ4n) is 6.30. The van der Waals surface area contributed by atoms with Gasteiger partial charge in [0.15, 0.2) is 11.4 Å². The number of pyridine rings is 1. The zero-order valence-electron chi connectivity index (χ0n) is 23.1. The van der Waals surface area contributed by atoms with Crippen LogP contribution in [0.1, 0.15) is 62.5 Å². The van der Waals surface area contributed by atoms with Gasteiger partial charge < -0.3 is 19.8 Å². The first kappa shape index (κ1) is 25.8. The molecule has 0 spiro atoms. The van der Waals surface area contributed by atoms with Crippen molar-refractivity contribution in [3.63, 3.8) is 0 Å². The zero-order valence-corrected chi connectivity index (χ0v) is 23.1. The van der Waals surface area contributed by atoms with Crippen LogP contribution >= 0.6 is 0 Å². The van der Waals surface area contributed by atoms with Crippen LogP contribution in [0, 0.1) is 0 Å². The number of aromatic nitrogens is 4. The van der Waals surface area contributed by atoms with Gasteiger partial charge in [0.1, 0.15) is 6.33 Å². The van der Waals surface area contributed by atoms with Crippen LogP contribution in [-0.4, -0.2) is 76.4 Å². The first-order chi connectivity index (χ1) is 19.0. The Morgan fingerprint density at radius 3 is 2.72 bits per heavy atom. The van der Waals surface area contributed by atoms with E-state index in [2.05, 4.69) is 57.3 Å². The summed E-state index contributed by atoms with van der Waals surface area (Å²) in [4.78, 5) is 22.8. The lowest BCUT2D eigenvalue weighted by molar-refractivity contribution is -0.124. The molecule has 2 N–H and O–H groups in total. The fraction of sp³-hybridized carbons (Fsp3) is 0.500. The molecular weight excluding hydrogens is 492 g/mol. The van der Waals surface area contributed by atoms with Gasteiger partial charge in [-0.3, -0.25) is 9.69 Å². The molecule has 0 unspecified atom stereocenters. The summed E-state index contributed by atoms with van der Waals surface area (Å²) in [5, 5.41) is 8.91. The SMILES string of the molecule is COc1cc(-c2[nH]c3ccc(C4CCC(NC(=O)CN5CCOCC5)CC4)cc3c2C(C)C)cn2ncnc12. The molecule has 0 radical (unpaired) electrons. The van der Waals surface area contributed by atoms with Gasteiger partial charge in [0.05, 0.1) is 32.6 Å². The highest BCUT2D eigenvalue weighted by atomic mass is 16.5. The summed E-state index contributed by atoms with van der Waals surface area (Å²) in [5.41, 5.74) is 6.66. The van der Waals surface area contributed by atoms with Crippen molar-refractivity contribution >= 4 is 22.5 Å². The van der Waals surface area contributed by atoms with E-state index in [1.807, 2.05) is 12.3 Å². The van der Waals surface area contributed by atoms with Crippen LogP contribution < -0.4 is 10.1 Å². The van der Waals surface area contributed by atoms with E-state index in [4.69, 9.17) is 9.47 Å². The Kier molecular flexibility index (Phi) is 7.27. The number of carbonyl (C=O) groups is 1. The van der Waals surface area contributed by atoms with Crippen molar-refractivity contribution in [2.24, 2.45) is 0 Å². The Hall–Kier alpha value is -3.43. The van der Waals surface area contributed by atoms with Crippen LogP contribution in [0.3, 0.4) is 0 Å². The molecule has 0 bridgehead atoms. The Bertz CT molecular complexity index is 1460. The first-order valence-electron chi connectivity index (χ1n) is 14.1. The van der Waals surface area contributed by atoms with Crippen molar-refractivity contribution in [2.45, 2.75) is 57.4 Å². The number of benzene rings is 1. The minimum absolute atomic E-state index is 0.143. The van der Waals surface area contributed by atoms with Crippen molar-refractivity contribution in [1.82, 2.24) is 29.8 Å². The van der Waals surface area contributed by atoms with E-state index >= 15 is 0 Å². The van der Waals surface area contributed by atoms with E-state index in [0.717, 1.165) is 68.8 Å². The topological polar surface area (TPSA) is 96.8 Å². The molecule has 2 fully saturated rings. The maximum Gasteiger partial charge on any atom is 0.234 e. The molecular formula is C30H38N6O3. The molecule has 4 heterocycles. The van der Waals surface area contributed by atoms with Gasteiger partial charge >= 0.3 is 0 Å². The largest absolute Gasteiger partial charge is 0.493 e. The van der Waals surface area contributed by atoms with Crippen LogP contribution in [0.15, 0.2) is 36.8 Å². The number of hydrogen-bond donors (Lipinski definition) is 2. The molecule has 4 aromatic rings. The normalized spacial score (nSPS) is 20.6. The average Bonchev–Trinajstić information content (AvgIpc) is 3.58. The summed E-state index contributed by atoms with van der Waals surface area (Å²) in [6, 6.07) is 9.19. The van der Waals surface area contributed by atoms with Gasteiger partial charge in [-0.05, 0) is 66.8 Å². The van der Waals surface area contributed by atoms with E-state index < -0.39 is 0 Å². The highest BCUT2D eigenvalue weighted by Gasteiger charge is 2.26. The van der Waals surface area contributed by atoms with Gasteiger partial charge in [0, 0.05) is 41.8 Å². The number of rotatable bonds is 7. The van der Waals surface area contributed by atoms with E-state index in [1.165, 1.54) is 16.5 Å². The summed E-state index contributed by atoms with van der Waals surface area (Å²) >= 11 is 0. The van der Waals surface area contributed by atoms with E-state index in [1.54, 1.807) is 18.0 Å². The second-order valence-corrected chi connectivity index (χ2v) is 11.2. The number of methoxy groups -OCH3 is 1. The van der Waals surface area contributed by atoms with Gasteiger partial charge in [-0.15, -0.1) is 0 Å². The molecule has 1 amide bonds. The van der Waals surface area contributed by atoms with E-state index in [0.29, 0.717) is 29.8 Å². The summed E-state index contributed by atoms with van der Waals surface area (Å²) in [5.74, 6) is 1.68. The molecule has 206 valence electrons. The third-order valence-electron chi connectivity index (χ3n) is 8.32. The number of amides is 1. The summed E-state index contributed by atoms with van der Waals surface area (Å²) in [7, 11) is 1.67. The lowest BCUT2D eigenvalue weighted by atomic mass is 9.81. The first-order valence-corrected chi connectivity index (χ1v) is 14.1. The van der Waals surface area contributed by atoms with E-state index in [9.17, 15) is 4.79 Å². The molecule has 6 rings (SSSR count). The number of fused-ring (bicyclic) bond motifs is 2. The Balaban J connectivity index is 1.19. The van der Waals surface area contributed by atoms with Crippen LogP contribution in [0.25, 0.3) is 27.8 Å². The number of hydrogen-bond acceptors (Lipinski definition) is 6. The van der Waals surface area contributed by atoms with Gasteiger partial charge in [-0.1, -0.05) is 19.9 Å². The number of nitrogens with one attached hydrogen (secondary N) is 2. The molecule has 0 atom stereocenters. The number of aromatic amines is 1. The molecule has 1 saturated carbocycles. The number of carbonyl (C=O) groups excluding carboxylic acids is 1. The monoisotopic (exact) mass is 530 g/mol. The molecule has 3 aromatic heterocycles. The summed E-state index contributed by atoms with van der Waals surface area (Å²) in [6.45, 7) is 8.08. The lowest BCUT2D eigenvalue weighted by Crippen LogP contribution is -2.46. The number of ether oxygens (including phenoxy) is 2. The van der Waals surface area contributed by atoms with Crippen molar-refractivity contribution in [3.8, 4) is 17.0 Å². The molecule has 2 aliphatic rings. The zero-order chi connectivity index (χ0) is 26.9. The molecule has 1 aliphatic carbocycles. The highest BCUT2D eigenvalue weighted by Crippen LogP contribution is 2.40. The fourth-order valence-corrected chi connectivity index (χ4v) is 6.30. The van der Waals surface area contributed by atoms with Gasteiger partial charge in [-0.2, -0.15) is 5.10 Å². The van der Waals surface area contributed by atoms with Crippen molar-refractivity contribution in [1.29, 1.82) is 0 Å². The lowest BCUT2D eigenvalue weighted by Gasteiger charge is -2.31. The smallest absolute Gasteiger partial charge is 0.234 e.